The second-order valence-electron chi connectivity index (χ2n) is 14.4. The number of benzene rings is 1. The first-order valence-corrected chi connectivity index (χ1v) is 20.0. The van der Waals surface area contributed by atoms with Crippen molar-refractivity contribution in [1.29, 1.82) is 0 Å². The number of hydrogen-bond acceptors (Lipinski definition) is 14. The molecule has 2 atom stereocenters. The lowest BCUT2D eigenvalue weighted by Crippen LogP contribution is -2.62. The van der Waals surface area contributed by atoms with Crippen molar-refractivity contribution in [3.05, 3.63) is 82.8 Å². The van der Waals surface area contributed by atoms with Crippen molar-refractivity contribution in [3.63, 3.8) is 0 Å². The Morgan fingerprint density at radius 2 is 1.93 bits per heavy atom. The van der Waals surface area contributed by atoms with E-state index in [-0.39, 0.29) is 53.9 Å². The molecule has 3 aromatic heterocycles. The number of hydrogen-bond donors (Lipinski definition) is 5. The third-order valence-electron chi connectivity index (χ3n) is 10.0. The quantitative estimate of drug-likeness (QED) is 0.0378. The molecule has 0 saturated carbocycles. The van der Waals surface area contributed by atoms with Crippen LogP contribution >= 0.6 is 23.3 Å². The number of aromatic nitrogens is 4. The number of amides is 1. The number of nitrogens with zero attached hydrogens (tertiary/aromatic N) is 7. The molecule has 0 radical (unpaired) electrons. The Balaban J connectivity index is 1.06. The number of anilines is 1. The normalized spacial score (nSPS) is 19.2. The monoisotopic (exact) mass is 835 g/mol. The second-order valence-corrected chi connectivity index (χ2v) is 16.3. The lowest BCUT2D eigenvalue weighted by molar-refractivity contribution is -0.663. The Bertz CT molecular complexity index is 2390. The van der Waals surface area contributed by atoms with Gasteiger partial charge in [0.05, 0.1) is 17.8 Å². The highest BCUT2D eigenvalue weighted by atomic mass is 32.2. The minimum Gasteiger partial charge on any atom is -0.478 e. The second kappa shape index (κ2) is 16.5. The summed E-state index contributed by atoms with van der Waals surface area (Å²) in [6.45, 7) is 4.49. The molecule has 7 N–H and O–H groups in total. The summed E-state index contributed by atoms with van der Waals surface area (Å²) in [4.78, 5) is 67.3. The lowest BCUT2D eigenvalue weighted by atomic mass is 9.89. The summed E-state index contributed by atoms with van der Waals surface area (Å²) < 4.78 is 23.1. The number of nitrogen functional groups attached to an aromatic ring is 1. The van der Waals surface area contributed by atoms with Crippen molar-refractivity contribution in [2.75, 3.05) is 24.6 Å². The predicted molar refractivity (Wildman–Crippen MR) is 210 cm³/mol. The SMILES string of the molecule is CC(C)(O/N=C(\C(=O)C[C@@H]1C(=O)N2C(C(=O)O)=C(C[n+]3cccc4c3ccn4Cc3ccc(C(N)=NOC4CCNCC4)cc3F)CS[C@H]12)c1nsc(N)n1)C(=O)O. The number of aliphatic carboxylic acids is 2. The number of carboxylic acid groups (broad SMARTS) is 2. The fraction of sp³-hybridized carbons (Fsp3) is 0.378. The van der Waals surface area contributed by atoms with Crippen molar-refractivity contribution in [2.24, 2.45) is 22.0 Å². The molecule has 6 heterocycles. The molecule has 21 heteroatoms. The number of amidine groups is 1. The summed E-state index contributed by atoms with van der Waals surface area (Å²) >= 11 is 2.11. The maximum atomic E-state index is 15.4. The minimum atomic E-state index is -1.80. The largest absolute Gasteiger partial charge is 0.478 e. The van der Waals surface area contributed by atoms with E-state index in [2.05, 4.69) is 25.0 Å². The molecule has 3 aliphatic rings. The van der Waals surface area contributed by atoms with E-state index in [0.717, 1.165) is 48.5 Å². The molecule has 1 aromatic carbocycles. The van der Waals surface area contributed by atoms with Gasteiger partial charge >= 0.3 is 11.9 Å². The van der Waals surface area contributed by atoms with Gasteiger partial charge in [-0.2, -0.15) is 13.9 Å². The summed E-state index contributed by atoms with van der Waals surface area (Å²) in [5, 5.41) is 30.2. The molecule has 2 saturated heterocycles. The van der Waals surface area contributed by atoms with Crippen LogP contribution in [0.5, 0.6) is 0 Å². The Morgan fingerprint density at radius 3 is 2.62 bits per heavy atom. The van der Waals surface area contributed by atoms with Crippen LogP contribution in [0.1, 0.15) is 50.1 Å². The third-order valence-corrected chi connectivity index (χ3v) is 12.0. The van der Waals surface area contributed by atoms with Crippen LogP contribution in [0.4, 0.5) is 9.52 Å². The number of fused-ring (bicyclic) bond motifs is 2. The fourth-order valence-corrected chi connectivity index (χ4v) is 8.62. The molecule has 0 unspecified atom stereocenters. The number of piperidine rings is 1. The average Bonchev–Trinajstić information content (AvgIpc) is 3.83. The van der Waals surface area contributed by atoms with E-state index in [0.29, 0.717) is 16.7 Å². The molecule has 4 aromatic rings. The van der Waals surface area contributed by atoms with Crippen LogP contribution in [0.15, 0.2) is 70.4 Å². The number of carbonyl (C=O) groups excluding carboxylic acids is 2. The van der Waals surface area contributed by atoms with Crippen molar-refractivity contribution < 1.29 is 48.0 Å². The predicted octanol–water partition coefficient (Wildman–Crippen LogP) is 2.05. The number of thioether (sulfide) groups is 1. The molecule has 2 fully saturated rings. The summed E-state index contributed by atoms with van der Waals surface area (Å²) in [7, 11) is 0. The van der Waals surface area contributed by atoms with E-state index in [9.17, 15) is 29.4 Å². The van der Waals surface area contributed by atoms with Crippen molar-refractivity contribution in [1.82, 2.24) is 24.1 Å². The van der Waals surface area contributed by atoms with Crippen LogP contribution in [0.2, 0.25) is 0 Å². The number of carbonyl (C=O) groups is 4. The van der Waals surface area contributed by atoms with Gasteiger partial charge in [-0.25, -0.2) is 14.0 Å². The van der Waals surface area contributed by atoms with E-state index in [4.69, 9.17) is 21.1 Å². The zero-order valence-corrected chi connectivity index (χ0v) is 33.0. The molecule has 18 nitrogen and oxygen atoms in total. The van der Waals surface area contributed by atoms with Gasteiger partial charge in [-0.1, -0.05) is 22.4 Å². The molecule has 304 valence electrons. The third kappa shape index (κ3) is 8.23. The Morgan fingerprint density at radius 1 is 1.16 bits per heavy atom. The Kier molecular flexibility index (Phi) is 11.5. The van der Waals surface area contributed by atoms with Crippen LogP contribution in [0.3, 0.4) is 0 Å². The van der Waals surface area contributed by atoms with E-state index < -0.39 is 52.1 Å². The van der Waals surface area contributed by atoms with Crippen LogP contribution in [-0.2, 0) is 41.9 Å². The molecular formula is C37H40FN10O8S2+. The first-order chi connectivity index (χ1) is 27.7. The Labute approximate surface area is 338 Å². The van der Waals surface area contributed by atoms with Gasteiger partial charge in [-0.05, 0) is 51.9 Å². The molecule has 58 heavy (non-hydrogen) atoms. The van der Waals surface area contributed by atoms with Gasteiger partial charge in [-0.3, -0.25) is 14.5 Å². The number of nitrogens with two attached hydrogens (primary N) is 2. The summed E-state index contributed by atoms with van der Waals surface area (Å²) in [6.07, 6.45) is 4.81. The molecule has 7 rings (SSSR count). The topological polar surface area (TPSA) is 254 Å². The first kappa shape index (κ1) is 40.3. The molecule has 0 bridgehead atoms. The van der Waals surface area contributed by atoms with Gasteiger partial charge in [-0.15, -0.1) is 11.8 Å². The Hall–Kier alpha value is -5.93. The van der Waals surface area contributed by atoms with E-state index in [1.165, 1.54) is 36.6 Å². The van der Waals surface area contributed by atoms with Crippen LogP contribution in [-0.4, -0.2) is 100 Å². The van der Waals surface area contributed by atoms with Gasteiger partial charge in [0.15, 0.2) is 35.2 Å². The van der Waals surface area contributed by atoms with Gasteiger partial charge in [0.25, 0.3) is 0 Å². The number of nitrogens with one attached hydrogen (secondary N) is 1. The number of oxime groups is 2. The summed E-state index contributed by atoms with van der Waals surface area (Å²) in [6, 6.07) is 10.2. The smallest absolute Gasteiger partial charge is 0.352 e. The van der Waals surface area contributed by atoms with Gasteiger partial charge in [0.1, 0.15) is 23.1 Å². The van der Waals surface area contributed by atoms with E-state index >= 15 is 4.39 Å². The highest BCUT2D eigenvalue weighted by Gasteiger charge is 2.54. The highest BCUT2D eigenvalue weighted by molar-refractivity contribution is 8.00. The van der Waals surface area contributed by atoms with E-state index in [1.54, 1.807) is 24.4 Å². The maximum absolute atomic E-state index is 15.4. The fourth-order valence-electron chi connectivity index (χ4n) is 6.78. The highest BCUT2D eigenvalue weighted by Crippen LogP contribution is 2.45. The zero-order valence-electron chi connectivity index (χ0n) is 31.3. The van der Waals surface area contributed by atoms with Crippen molar-refractivity contribution in [2.45, 2.75) is 63.3 Å². The van der Waals surface area contributed by atoms with Crippen molar-refractivity contribution >= 4 is 74.6 Å². The number of Topliss-reactive ketones (excluding diaryl/α,β-unsaturated/α-hetero) is 1. The average molecular weight is 836 g/mol. The van der Waals surface area contributed by atoms with Crippen molar-refractivity contribution in [3.8, 4) is 0 Å². The van der Waals surface area contributed by atoms with Crippen LogP contribution < -0.4 is 21.4 Å². The molecule has 0 aliphatic carbocycles. The number of rotatable bonds is 15. The molecule has 0 spiro atoms. The minimum absolute atomic E-state index is 0.0288. The van der Waals surface area contributed by atoms with Gasteiger partial charge in [0, 0.05) is 58.7 Å². The van der Waals surface area contributed by atoms with E-state index in [1.807, 2.05) is 27.5 Å². The van der Waals surface area contributed by atoms with Gasteiger partial charge < -0.3 is 41.2 Å². The standard InChI is InChI=1S/C37H39FN10O8S2/c1-37(2,35(53)54)56-43-28(31-42-36(40)58-45-31)27(49)15-23-32(50)48-29(34(51)52)21(18-57-33(23)48)17-46-12-3-4-25-26(46)9-13-47(25)16-20-6-5-19(14-24(20)38)30(39)44-55-22-7-10-41-11-8-22/h3-6,9,12-14,22-23,33,41H,7-8,10-11,15-18H2,1-2H3,(H5-,39,40,42,44,45,51,52,53,54)/p+1/b43-28+/t23-,33-/m1/s1. The first-order valence-electron chi connectivity index (χ1n) is 18.2. The van der Waals surface area contributed by atoms with Gasteiger partial charge in [0.2, 0.25) is 22.8 Å². The van der Waals surface area contributed by atoms with Crippen LogP contribution in [0, 0.1) is 11.7 Å². The summed E-state index contributed by atoms with van der Waals surface area (Å²) in [5.41, 5.74) is 12.3. The van der Waals surface area contributed by atoms with Crippen LogP contribution in [0.25, 0.3) is 11.0 Å². The molecule has 3 aliphatic heterocycles. The zero-order chi connectivity index (χ0) is 41.3. The number of carboxylic acids is 2. The number of halogens is 1. The number of ketones is 1. The number of β-lactam (4-membered cyclic amide) rings is 1. The summed E-state index contributed by atoms with van der Waals surface area (Å²) in [5.74, 6) is -5.12. The molecule has 1 amide bonds. The lowest BCUT2D eigenvalue weighted by Gasteiger charge is -2.49. The molecular weight excluding hydrogens is 796 g/mol. The maximum Gasteiger partial charge on any atom is 0.352 e. The number of pyridine rings is 1.